The fraction of sp³-hybridized carbons (Fsp3) is 0.500. The van der Waals surface area contributed by atoms with Crippen molar-refractivity contribution >= 4 is 11.9 Å². The lowest BCUT2D eigenvalue weighted by Gasteiger charge is -2.22. The van der Waals surface area contributed by atoms with Crippen molar-refractivity contribution in [2.24, 2.45) is 17.6 Å². The molecule has 0 saturated heterocycles. The van der Waals surface area contributed by atoms with E-state index >= 15 is 0 Å². The number of hydrogen-bond donors (Lipinski definition) is 3. The van der Waals surface area contributed by atoms with Crippen molar-refractivity contribution in [3.63, 3.8) is 0 Å². The maximum Gasteiger partial charge on any atom is 0.306 e. The molecule has 1 fully saturated rings. The van der Waals surface area contributed by atoms with Gasteiger partial charge >= 0.3 is 5.97 Å². The molecule has 5 nitrogen and oxygen atoms in total. The van der Waals surface area contributed by atoms with Gasteiger partial charge in [0, 0.05) is 12.1 Å². The second-order valence-electron chi connectivity index (χ2n) is 5.78. The molecule has 0 aromatic heterocycles. The number of carbonyl (C=O) groups excluding carboxylic acids is 1. The first-order valence-electron chi connectivity index (χ1n) is 7.32. The average molecular weight is 290 g/mol. The van der Waals surface area contributed by atoms with E-state index in [-0.39, 0.29) is 29.8 Å². The SMILES string of the molecule is CC(C(=O)NC1CCC(C(=O)O)C1)C(N)c1ccccc1. The summed E-state index contributed by atoms with van der Waals surface area (Å²) in [5.74, 6) is -1.58. The smallest absolute Gasteiger partial charge is 0.306 e. The monoisotopic (exact) mass is 290 g/mol. The topological polar surface area (TPSA) is 92.4 Å². The Kier molecular flexibility index (Phi) is 4.96. The minimum atomic E-state index is -0.777. The zero-order valence-electron chi connectivity index (χ0n) is 12.2. The Balaban J connectivity index is 1.90. The first-order valence-corrected chi connectivity index (χ1v) is 7.32. The van der Waals surface area contributed by atoms with Crippen LogP contribution in [0, 0.1) is 11.8 Å². The minimum absolute atomic E-state index is 0.0518. The molecule has 1 aliphatic rings. The molecular weight excluding hydrogens is 268 g/mol. The molecule has 2 rings (SSSR count). The van der Waals surface area contributed by atoms with Gasteiger partial charge in [-0.25, -0.2) is 0 Å². The van der Waals surface area contributed by atoms with Crippen LogP contribution >= 0.6 is 0 Å². The van der Waals surface area contributed by atoms with E-state index in [0.29, 0.717) is 12.8 Å². The van der Waals surface area contributed by atoms with Crippen molar-refractivity contribution in [2.45, 2.75) is 38.3 Å². The van der Waals surface area contributed by atoms with Gasteiger partial charge in [0.1, 0.15) is 0 Å². The fourth-order valence-electron chi connectivity index (χ4n) is 2.80. The summed E-state index contributed by atoms with van der Waals surface area (Å²) < 4.78 is 0. The summed E-state index contributed by atoms with van der Waals surface area (Å²) in [5, 5.41) is 11.9. The molecular formula is C16H22N2O3. The summed E-state index contributed by atoms with van der Waals surface area (Å²) in [6, 6.07) is 9.11. The summed E-state index contributed by atoms with van der Waals surface area (Å²) in [4.78, 5) is 23.2. The lowest BCUT2D eigenvalue weighted by atomic mass is 9.94. The van der Waals surface area contributed by atoms with Crippen molar-refractivity contribution in [2.75, 3.05) is 0 Å². The average Bonchev–Trinajstić information content (AvgIpc) is 2.95. The number of hydrogen-bond acceptors (Lipinski definition) is 3. The number of aliphatic carboxylic acids is 1. The van der Waals surface area contributed by atoms with E-state index in [0.717, 1.165) is 12.0 Å². The van der Waals surface area contributed by atoms with Gasteiger partial charge in [0.15, 0.2) is 0 Å². The quantitative estimate of drug-likeness (QED) is 0.769. The van der Waals surface area contributed by atoms with E-state index in [4.69, 9.17) is 10.8 Å². The van der Waals surface area contributed by atoms with Crippen molar-refractivity contribution in [1.82, 2.24) is 5.32 Å². The van der Waals surface area contributed by atoms with Crippen LogP contribution in [0.2, 0.25) is 0 Å². The highest BCUT2D eigenvalue weighted by molar-refractivity contribution is 5.80. The van der Waals surface area contributed by atoms with Crippen LogP contribution in [0.3, 0.4) is 0 Å². The van der Waals surface area contributed by atoms with E-state index < -0.39 is 5.97 Å². The molecule has 4 atom stereocenters. The highest BCUT2D eigenvalue weighted by Gasteiger charge is 2.32. The van der Waals surface area contributed by atoms with Crippen LogP contribution in [0.4, 0.5) is 0 Å². The third-order valence-corrected chi connectivity index (χ3v) is 4.26. The zero-order chi connectivity index (χ0) is 15.4. The van der Waals surface area contributed by atoms with Crippen LogP contribution in [0.15, 0.2) is 30.3 Å². The van der Waals surface area contributed by atoms with E-state index in [2.05, 4.69) is 5.32 Å². The van der Waals surface area contributed by atoms with Gasteiger partial charge in [0.2, 0.25) is 5.91 Å². The molecule has 1 saturated carbocycles. The first kappa shape index (κ1) is 15.5. The fourth-order valence-corrected chi connectivity index (χ4v) is 2.80. The van der Waals surface area contributed by atoms with Gasteiger partial charge in [0.25, 0.3) is 0 Å². The number of benzene rings is 1. The maximum absolute atomic E-state index is 12.3. The molecule has 4 N–H and O–H groups in total. The molecule has 114 valence electrons. The van der Waals surface area contributed by atoms with Crippen molar-refractivity contribution < 1.29 is 14.7 Å². The number of amides is 1. The van der Waals surface area contributed by atoms with Crippen LogP contribution in [-0.2, 0) is 9.59 Å². The molecule has 1 amide bonds. The third kappa shape index (κ3) is 3.82. The zero-order valence-corrected chi connectivity index (χ0v) is 12.2. The lowest BCUT2D eigenvalue weighted by Crippen LogP contribution is -2.40. The maximum atomic E-state index is 12.3. The minimum Gasteiger partial charge on any atom is -0.481 e. The molecule has 1 aliphatic carbocycles. The molecule has 0 radical (unpaired) electrons. The van der Waals surface area contributed by atoms with E-state index in [9.17, 15) is 9.59 Å². The van der Waals surface area contributed by atoms with Gasteiger partial charge < -0.3 is 16.2 Å². The van der Waals surface area contributed by atoms with Crippen LogP contribution in [-0.4, -0.2) is 23.0 Å². The van der Waals surface area contributed by atoms with Gasteiger partial charge in [-0.2, -0.15) is 0 Å². The number of rotatable bonds is 5. The summed E-state index contributed by atoms with van der Waals surface area (Å²) in [6.07, 6.45) is 1.85. The van der Waals surface area contributed by atoms with E-state index in [1.807, 2.05) is 30.3 Å². The summed E-state index contributed by atoms with van der Waals surface area (Å²) in [6.45, 7) is 1.80. The normalized spacial score (nSPS) is 24.3. The Morgan fingerprint density at radius 1 is 1.29 bits per heavy atom. The third-order valence-electron chi connectivity index (χ3n) is 4.26. The second kappa shape index (κ2) is 6.72. The first-order chi connectivity index (χ1) is 9.99. The van der Waals surface area contributed by atoms with Crippen LogP contribution in [0.5, 0.6) is 0 Å². The number of carbonyl (C=O) groups is 2. The molecule has 0 heterocycles. The van der Waals surface area contributed by atoms with Crippen molar-refractivity contribution in [1.29, 1.82) is 0 Å². The van der Waals surface area contributed by atoms with Gasteiger partial charge in [0.05, 0.1) is 11.8 Å². The highest BCUT2D eigenvalue weighted by Crippen LogP contribution is 2.26. The molecule has 1 aromatic carbocycles. The number of nitrogens with two attached hydrogens (primary N) is 1. The second-order valence-corrected chi connectivity index (χ2v) is 5.78. The predicted molar refractivity (Wildman–Crippen MR) is 79.4 cm³/mol. The van der Waals surface area contributed by atoms with Crippen molar-refractivity contribution in [3.8, 4) is 0 Å². The van der Waals surface area contributed by atoms with Gasteiger partial charge in [-0.3, -0.25) is 9.59 Å². The Labute approximate surface area is 124 Å². The molecule has 21 heavy (non-hydrogen) atoms. The highest BCUT2D eigenvalue weighted by atomic mass is 16.4. The predicted octanol–water partition coefficient (Wildman–Crippen LogP) is 1.69. The van der Waals surface area contributed by atoms with Gasteiger partial charge in [-0.1, -0.05) is 37.3 Å². The van der Waals surface area contributed by atoms with Crippen molar-refractivity contribution in [3.05, 3.63) is 35.9 Å². The largest absolute Gasteiger partial charge is 0.481 e. The molecule has 1 aromatic rings. The Morgan fingerprint density at radius 3 is 2.52 bits per heavy atom. The standard InChI is InChI=1S/C16H22N2O3/c1-10(14(17)11-5-3-2-4-6-11)15(19)18-13-8-7-12(9-13)16(20)21/h2-6,10,12-14H,7-9,17H2,1H3,(H,18,19)(H,20,21). The van der Waals surface area contributed by atoms with E-state index in [1.54, 1.807) is 6.92 Å². The van der Waals surface area contributed by atoms with Crippen LogP contribution in [0.1, 0.15) is 37.8 Å². The van der Waals surface area contributed by atoms with Crippen LogP contribution < -0.4 is 11.1 Å². The Morgan fingerprint density at radius 2 is 1.95 bits per heavy atom. The summed E-state index contributed by atoms with van der Waals surface area (Å²) in [5.41, 5.74) is 7.06. The summed E-state index contributed by atoms with van der Waals surface area (Å²) in [7, 11) is 0. The Hall–Kier alpha value is -1.88. The number of carboxylic acid groups (broad SMARTS) is 1. The number of nitrogens with one attached hydrogen (secondary N) is 1. The Bertz CT molecular complexity index is 504. The lowest BCUT2D eigenvalue weighted by molar-refractivity contribution is -0.141. The van der Waals surface area contributed by atoms with Gasteiger partial charge in [-0.15, -0.1) is 0 Å². The summed E-state index contributed by atoms with van der Waals surface area (Å²) >= 11 is 0. The van der Waals surface area contributed by atoms with Gasteiger partial charge in [-0.05, 0) is 24.8 Å². The molecule has 0 bridgehead atoms. The molecule has 0 aliphatic heterocycles. The van der Waals surface area contributed by atoms with Crippen LogP contribution in [0.25, 0.3) is 0 Å². The molecule has 4 unspecified atom stereocenters. The van der Waals surface area contributed by atoms with E-state index in [1.165, 1.54) is 0 Å². The molecule has 0 spiro atoms. The number of carboxylic acids is 1. The molecule has 5 heteroatoms.